The second kappa shape index (κ2) is 9.85. The molecule has 3 rings (SSSR count). The second-order valence-electron chi connectivity index (χ2n) is 7.56. The molecular formula is C21H28FN7S. The van der Waals surface area contributed by atoms with Gasteiger partial charge in [-0.1, -0.05) is 0 Å². The van der Waals surface area contributed by atoms with E-state index in [0.717, 1.165) is 18.9 Å². The molecule has 0 aliphatic carbocycles. The molecule has 1 atom stereocenters. The summed E-state index contributed by atoms with van der Waals surface area (Å²) in [5.41, 5.74) is 7.74. The van der Waals surface area contributed by atoms with Crippen molar-refractivity contribution in [2.45, 2.75) is 37.4 Å². The molecule has 0 amide bonds. The van der Waals surface area contributed by atoms with Gasteiger partial charge < -0.3 is 16.4 Å². The molecule has 0 spiro atoms. The average molecular weight is 430 g/mol. The highest BCUT2D eigenvalue weighted by Gasteiger charge is 2.29. The quantitative estimate of drug-likeness (QED) is 0.355. The first kappa shape index (κ1) is 22.0. The van der Waals surface area contributed by atoms with Gasteiger partial charge in [0.05, 0.1) is 11.4 Å². The lowest BCUT2D eigenvalue weighted by Gasteiger charge is -2.24. The minimum absolute atomic E-state index is 0.268. The number of anilines is 1. The van der Waals surface area contributed by atoms with Crippen molar-refractivity contribution in [3.05, 3.63) is 41.3 Å². The lowest BCUT2D eigenvalue weighted by atomic mass is 10.1. The standard InChI is InChI=1S/C21H28FN7S/c1-21(10-4-12-30-21)14-27-20(25-2)26-11-3-5-18-17(13-23)19(24)29(28-18)16-8-6-15(22)7-9-16/h6-9H,3-5,10-12,14,24H2,1-2H3,(H2,25,26,27). The maximum atomic E-state index is 13.2. The zero-order valence-electron chi connectivity index (χ0n) is 17.4. The molecule has 1 aromatic heterocycles. The summed E-state index contributed by atoms with van der Waals surface area (Å²) in [4.78, 5) is 4.29. The highest BCUT2D eigenvalue weighted by Crippen LogP contribution is 2.36. The van der Waals surface area contributed by atoms with Crippen LogP contribution in [0, 0.1) is 17.1 Å². The Morgan fingerprint density at radius 2 is 2.17 bits per heavy atom. The Bertz CT molecular complexity index is 924. The summed E-state index contributed by atoms with van der Waals surface area (Å²) >= 11 is 2.01. The fourth-order valence-electron chi connectivity index (χ4n) is 3.48. The normalized spacial score (nSPS) is 18.9. The fraction of sp³-hybridized carbons (Fsp3) is 0.476. The number of thioether (sulfide) groups is 1. The van der Waals surface area contributed by atoms with Gasteiger partial charge in [0.1, 0.15) is 23.3 Å². The number of benzene rings is 1. The number of hydrogen-bond acceptors (Lipinski definition) is 5. The van der Waals surface area contributed by atoms with Crippen LogP contribution >= 0.6 is 11.8 Å². The molecule has 30 heavy (non-hydrogen) atoms. The molecule has 7 nitrogen and oxygen atoms in total. The van der Waals surface area contributed by atoms with Gasteiger partial charge in [-0.25, -0.2) is 9.07 Å². The number of nitrogen functional groups attached to an aromatic ring is 1. The van der Waals surface area contributed by atoms with Crippen LogP contribution in [-0.2, 0) is 6.42 Å². The van der Waals surface area contributed by atoms with E-state index < -0.39 is 0 Å². The van der Waals surface area contributed by atoms with Crippen molar-refractivity contribution >= 4 is 23.5 Å². The first-order valence-corrected chi connectivity index (χ1v) is 11.1. The van der Waals surface area contributed by atoms with Crippen LogP contribution in [0.2, 0.25) is 0 Å². The molecule has 0 radical (unpaired) electrons. The third kappa shape index (κ3) is 5.25. The minimum Gasteiger partial charge on any atom is -0.382 e. The highest BCUT2D eigenvalue weighted by molar-refractivity contribution is 8.00. The first-order chi connectivity index (χ1) is 14.5. The molecule has 1 aliphatic rings. The predicted molar refractivity (Wildman–Crippen MR) is 120 cm³/mol. The second-order valence-corrected chi connectivity index (χ2v) is 9.25. The number of halogens is 1. The summed E-state index contributed by atoms with van der Waals surface area (Å²) in [5, 5.41) is 20.7. The summed E-state index contributed by atoms with van der Waals surface area (Å²) in [5.74, 6) is 1.94. The van der Waals surface area contributed by atoms with E-state index in [4.69, 9.17) is 5.73 Å². The van der Waals surface area contributed by atoms with Crippen LogP contribution in [-0.4, -0.2) is 46.4 Å². The molecule has 1 aromatic carbocycles. The Morgan fingerprint density at radius 1 is 1.40 bits per heavy atom. The number of nitrogens with one attached hydrogen (secondary N) is 2. The Hall–Kier alpha value is -2.73. The molecule has 1 fully saturated rings. The molecule has 0 saturated carbocycles. The molecule has 2 heterocycles. The van der Waals surface area contributed by atoms with Gasteiger partial charge >= 0.3 is 0 Å². The van der Waals surface area contributed by atoms with Gasteiger partial charge in [0.15, 0.2) is 5.96 Å². The topological polar surface area (TPSA) is 104 Å². The van der Waals surface area contributed by atoms with Crippen LogP contribution in [0.1, 0.15) is 37.4 Å². The maximum absolute atomic E-state index is 13.2. The third-order valence-corrected chi connectivity index (χ3v) is 6.75. The molecule has 0 bridgehead atoms. The number of rotatable bonds is 7. The number of aromatic nitrogens is 2. The summed E-state index contributed by atoms with van der Waals surface area (Å²) in [6.45, 7) is 3.86. The van der Waals surface area contributed by atoms with Crippen molar-refractivity contribution in [1.29, 1.82) is 5.26 Å². The van der Waals surface area contributed by atoms with Crippen LogP contribution in [0.15, 0.2) is 29.3 Å². The fourth-order valence-corrected chi connectivity index (χ4v) is 4.73. The number of aliphatic imine (C=N–C) groups is 1. The number of nitrogens with two attached hydrogens (primary N) is 1. The van der Waals surface area contributed by atoms with Gasteiger partial charge in [-0.05, 0) is 62.6 Å². The molecule has 1 unspecified atom stereocenters. The molecule has 2 aromatic rings. The maximum Gasteiger partial charge on any atom is 0.191 e. The van der Waals surface area contributed by atoms with E-state index in [-0.39, 0.29) is 16.4 Å². The van der Waals surface area contributed by atoms with Crippen LogP contribution in [0.25, 0.3) is 5.69 Å². The van der Waals surface area contributed by atoms with E-state index in [0.29, 0.717) is 29.9 Å². The average Bonchev–Trinajstić information content (AvgIpc) is 3.31. The Kier molecular flexibility index (Phi) is 7.21. The van der Waals surface area contributed by atoms with Crippen molar-refractivity contribution in [3.63, 3.8) is 0 Å². The largest absolute Gasteiger partial charge is 0.382 e. The van der Waals surface area contributed by atoms with Gasteiger partial charge in [-0.3, -0.25) is 4.99 Å². The zero-order valence-corrected chi connectivity index (χ0v) is 18.2. The first-order valence-electron chi connectivity index (χ1n) is 10.1. The summed E-state index contributed by atoms with van der Waals surface area (Å²) in [6, 6.07) is 8.00. The van der Waals surface area contributed by atoms with Crippen LogP contribution < -0.4 is 16.4 Å². The number of nitrogens with zero attached hydrogens (tertiary/aromatic N) is 4. The Labute approximate surface area is 180 Å². The lowest BCUT2D eigenvalue weighted by Crippen LogP contribution is -2.43. The van der Waals surface area contributed by atoms with Gasteiger partial charge in [-0.15, -0.1) is 0 Å². The van der Waals surface area contributed by atoms with Gasteiger partial charge in [-0.2, -0.15) is 22.1 Å². The van der Waals surface area contributed by atoms with Crippen LogP contribution in [0.5, 0.6) is 0 Å². The summed E-state index contributed by atoms with van der Waals surface area (Å²) in [7, 11) is 1.76. The number of hydrogen-bond donors (Lipinski definition) is 3. The van der Waals surface area contributed by atoms with E-state index in [2.05, 4.69) is 33.7 Å². The van der Waals surface area contributed by atoms with E-state index >= 15 is 0 Å². The van der Waals surface area contributed by atoms with E-state index in [1.807, 2.05) is 11.8 Å². The van der Waals surface area contributed by atoms with E-state index in [1.165, 1.54) is 35.4 Å². The molecule has 160 valence electrons. The van der Waals surface area contributed by atoms with Gasteiger partial charge in [0.25, 0.3) is 0 Å². The molecule has 4 N–H and O–H groups in total. The van der Waals surface area contributed by atoms with Crippen molar-refractivity contribution in [2.75, 3.05) is 31.6 Å². The summed E-state index contributed by atoms with van der Waals surface area (Å²) in [6.07, 6.45) is 3.85. The third-order valence-electron chi connectivity index (χ3n) is 5.21. The van der Waals surface area contributed by atoms with Gasteiger partial charge in [0.2, 0.25) is 0 Å². The van der Waals surface area contributed by atoms with Gasteiger partial charge in [0, 0.05) is 24.9 Å². The molecule has 1 aliphatic heterocycles. The van der Waals surface area contributed by atoms with Crippen LogP contribution in [0.3, 0.4) is 0 Å². The molecule has 1 saturated heterocycles. The molecular weight excluding hydrogens is 401 g/mol. The number of aryl methyl sites for hydroxylation is 1. The summed E-state index contributed by atoms with van der Waals surface area (Å²) < 4.78 is 14.9. The highest BCUT2D eigenvalue weighted by atomic mass is 32.2. The van der Waals surface area contributed by atoms with Crippen molar-refractivity contribution in [3.8, 4) is 11.8 Å². The van der Waals surface area contributed by atoms with Crippen LogP contribution in [0.4, 0.5) is 10.2 Å². The van der Waals surface area contributed by atoms with E-state index in [1.54, 1.807) is 19.2 Å². The minimum atomic E-state index is -0.334. The number of nitriles is 1. The SMILES string of the molecule is CN=C(NCCCc1nn(-c2ccc(F)cc2)c(N)c1C#N)NCC1(C)CCCS1. The molecule has 9 heteroatoms. The zero-order chi connectivity index (χ0) is 21.6. The smallest absolute Gasteiger partial charge is 0.191 e. The predicted octanol–water partition coefficient (Wildman–Crippen LogP) is 2.85. The Morgan fingerprint density at radius 3 is 2.80 bits per heavy atom. The van der Waals surface area contributed by atoms with Crippen molar-refractivity contribution in [2.24, 2.45) is 4.99 Å². The van der Waals surface area contributed by atoms with Crippen molar-refractivity contribution in [1.82, 2.24) is 20.4 Å². The van der Waals surface area contributed by atoms with E-state index in [9.17, 15) is 9.65 Å². The lowest BCUT2D eigenvalue weighted by molar-refractivity contribution is 0.583. The number of guanidine groups is 1. The van der Waals surface area contributed by atoms with Crippen molar-refractivity contribution < 1.29 is 4.39 Å². The Balaban J connectivity index is 1.54. The monoisotopic (exact) mass is 429 g/mol.